The zero-order chi connectivity index (χ0) is 23.9. The molecular formula is C24H25N7O3. The van der Waals surface area contributed by atoms with Gasteiger partial charge in [-0.2, -0.15) is 10.4 Å². The number of hydrogen-bond donors (Lipinski definition) is 1. The second kappa shape index (κ2) is 10.6. The fourth-order valence-corrected chi connectivity index (χ4v) is 3.76. The van der Waals surface area contributed by atoms with Crippen LogP contribution in [0.1, 0.15) is 22.8 Å². The number of para-hydroxylation sites is 1. The number of hydrogen-bond acceptors (Lipinski definition) is 8. The molecule has 3 heterocycles. The summed E-state index contributed by atoms with van der Waals surface area (Å²) in [4.78, 5) is 33.8. The maximum atomic E-state index is 12.9. The number of rotatable bonds is 7. The van der Waals surface area contributed by atoms with Crippen LogP contribution in [0.25, 0.3) is 5.69 Å². The summed E-state index contributed by atoms with van der Waals surface area (Å²) in [5.41, 5.74) is 1.49. The summed E-state index contributed by atoms with van der Waals surface area (Å²) < 4.78 is 6.66. The van der Waals surface area contributed by atoms with E-state index in [-0.39, 0.29) is 30.4 Å². The molecule has 1 amide bonds. The highest BCUT2D eigenvalue weighted by atomic mass is 16.5. The zero-order valence-electron chi connectivity index (χ0n) is 18.8. The lowest BCUT2D eigenvalue weighted by Crippen LogP contribution is -2.49. The lowest BCUT2D eigenvalue weighted by atomic mass is 10.2. The van der Waals surface area contributed by atoms with E-state index in [4.69, 9.17) is 10.00 Å². The van der Waals surface area contributed by atoms with Crippen molar-refractivity contribution in [3.05, 3.63) is 66.0 Å². The second-order valence-corrected chi connectivity index (χ2v) is 7.70. The Morgan fingerprint density at radius 1 is 1.15 bits per heavy atom. The van der Waals surface area contributed by atoms with Gasteiger partial charge in [-0.1, -0.05) is 18.2 Å². The molecule has 4 rings (SSSR count). The van der Waals surface area contributed by atoms with Gasteiger partial charge in [0.1, 0.15) is 11.4 Å². The van der Waals surface area contributed by atoms with E-state index in [1.807, 2.05) is 35.2 Å². The van der Waals surface area contributed by atoms with E-state index >= 15 is 0 Å². The third-order valence-electron chi connectivity index (χ3n) is 5.46. The maximum absolute atomic E-state index is 12.9. The van der Waals surface area contributed by atoms with Crippen LogP contribution in [0.15, 0.2) is 54.9 Å². The third-order valence-corrected chi connectivity index (χ3v) is 5.46. The third kappa shape index (κ3) is 5.22. The first-order valence-corrected chi connectivity index (χ1v) is 11.0. The predicted octanol–water partition coefficient (Wildman–Crippen LogP) is 2.08. The van der Waals surface area contributed by atoms with E-state index in [1.165, 1.54) is 10.9 Å². The Labute approximate surface area is 197 Å². The molecule has 1 aromatic carbocycles. The van der Waals surface area contributed by atoms with Crippen LogP contribution in [0.5, 0.6) is 0 Å². The molecule has 1 N–H and O–H groups in total. The number of nitrogens with one attached hydrogen (secondary N) is 1. The Kier molecular flexibility index (Phi) is 7.15. The normalized spacial score (nSPS) is 13.8. The lowest BCUT2D eigenvalue weighted by molar-refractivity contribution is -0.117. The Bertz CT molecular complexity index is 1190. The summed E-state index contributed by atoms with van der Waals surface area (Å²) in [6.45, 7) is 4.81. The number of esters is 1. The summed E-state index contributed by atoms with van der Waals surface area (Å²) in [6, 6.07) is 14.8. The van der Waals surface area contributed by atoms with Gasteiger partial charge >= 0.3 is 5.97 Å². The maximum Gasteiger partial charge on any atom is 0.343 e. The van der Waals surface area contributed by atoms with Crippen molar-refractivity contribution in [2.45, 2.75) is 6.92 Å². The standard InChI is InChI=1S/C24H25N7O3/c1-2-34-24(33)20-16-27-31(19-6-4-3-5-7-19)23(20)28-22(32)17-29-10-12-30(13-11-29)21-14-18(15-25)8-9-26-21/h3-9,14,16H,2,10-13,17H2,1H3,(H,28,32). The van der Waals surface area contributed by atoms with Gasteiger partial charge in [0, 0.05) is 32.4 Å². The van der Waals surface area contributed by atoms with Crippen molar-refractivity contribution in [3.8, 4) is 11.8 Å². The van der Waals surface area contributed by atoms with Crippen LogP contribution in [0.4, 0.5) is 11.6 Å². The van der Waals surface area contributed by atoms with Gasteiger partial charge < -0.3 is 15.0 Å². The van der Waals surface area contributed by atoms with Crippen molar-refractivity contribution in [2.24, 2.45) is 0 Å². The summed E-state index contributed by atoms with van der Waals surface area (Å²) >= 11 is 0. The average Bonchev–Trinajstić information content (AvgIpc) is 3.28. The summed E-state index contributed by atoms with van der Waals surface area (Å²) in [5.74, 6) is 0.252. The summed E-state index contributed by atoms with van der Waals surface area (Å²) in [7, 11) is 0. The highest BCUT2D eigenvalue weighted by molar-refractivity contribution is 6.01. The van der Waals surface area contributed by atoms with E-state index < -0.39 is 5.97 Å². The molecule has 0 unspecified atom stereocenters. The molecule has 0 aliphatic carbocycles. The fourth-order valence-electron chi connectivity index (χ4n) is 3.76. The van der Waals surface area contributed by atoms with Gasteiger partial charge in [0.25, 0.3) is 0 Å². The van der Waals surface area contributed by atoms with Crippen molar-refractivity contribution >= 4 is 23.5 Å². The van der Waals surface area contributed by atoms with Crippen LogP contribution in [0.3, 0.4) is 0 Å². The number of piperazine rings is 1. The summed E-state index contributed by atoms with van der Waals surface area (Å²) in [5, 5.41) is 16.3. The van der Waals surface area contributed by atoms with Crippen molar-refractivity contribution < 1.29 is 14.3 Å². The van der Waals surface area contributed by atoms with Crippen molar-refractivity contribution in [1.82, 2.24) is 19.7 Å². The molecule has 1 fully saturated rings. The number of nitrogens with zero attached hydrogens (tertiary/aromatic N) is 6. The smallest absolute Gasteiger partial charge is 0.343 e. The van der Waals surface area contributed by atoms with Crippen LogP contribution < -0.4 is 10.2 Å². The minimum Gasteiger partial charge on any atom is -0.462 e. The van der Waals surface area contributed by atoms with E-state index in [1.54, 1.807) is 25.3 Å². The molecule has 2 aromatic heterocycles. The topological polar surface area (TPSA) is 116 Å². The van der Waals surface area contributed by atoms with E-state index in [0.29, 0.717) is 37.4 Å². The molecule has 0 spiro atoms. The molecule has 1 saturated heterocycles. The molecule has 174 valence electrons. The van der Waals surface area contributed by atoms with Crippen LogP contribution in [0, 0.1) is 11.3 Å². The number of benzene rings is 1. The summed E-state index contributed by atoms with van der Waals surface area (Å²) in [6.07, 6.45) is 3.03. The zero-order valence-corrected chi connectivity index (χ0v) is 18.8. The fraction of sp³-hybridized carbons (Fsp3) is 0.292. The van der Waals surface area contributed by atoms with Gasteiger partial charge in [-0.3, -0.25) is 9.69 Å². The number of amides is 1. The largest absolute Gasteiger partial charge is 0.462 e. The van der Waals surface area contributed by atoms with Crippen molar-refractivity contribution in [2.75, 3.05) is 49.5 Å². The second-order valence-electron chi connectivity index (χ2n) is 7.70. The predicted molar refractivity (Wildman–Crippen MR) is 126 cm³/mol. The number of nitriles is 1. The average molecular weight is 460 g/mol. The number of aromatic nitrogens is 3. The van der Waals surface area contributed by atoms with Gasteiger partial charge in [0.05, 0.1) is 36.7 Å². The molecule has 0 saturated carbocycles. The van der Waals surface area contributed by atoms with Gasteiger partial charge in [-0.15, -0.1) is 0 Å². The molecule has 0 bridgehead atoms. The molecule has 0 atom stereocenters. The number of ether oxygens (including phenoxy) is 1. The van der Waals surface area contributed by atoms with Crippen LogP contribution in [-0.4, -0.2) is 70.9 Å². The number of anilines is 2. The minimum atomic E-state index is -0.541. The first-order chi connectivity index (χ1) is 16.6. The number of carbonyl (C=O) groups is 2. The highest BCUT2D eigenvalue weighted by Gasteiger charge is 2.24. The van der Waals surface area contributed by atoms with E-state index in [0.717, 1.165) is 5.82 Å². The van der Waals surface area contributed by atoms with Crippen LogP contribution in [0.2, 0.25) is 0 Å². The quantitative estimate of drug-likeness (QED) is 0.534. The van der Waals surface area contributed by atoms with Gasteiger partial charge in [-0.05, 0) is 31.2 Å². The number of carbonyl (C=O) groups excluding carboxylic acids is 2. The Balaban J connectivity index is 1.42. The monoisotopic (exact) mass is 459 g/mol. The Hall–Kier alpha value is -4.23. The first-order valence-electron chi connectivity index (χ1n) is 11.0. The molecular weight excluding hydrogens is 434 g/mol. The van der Waals surface area contributed by atoms with Crippen LogP contribution in [-0.2, 0) is 9.53 Å². The molecule has 34 heavy (non-hydrogen) atoms. The van der Waals surface area contributed by atoms with Crippen molar-refractivity contribution in [1.29, 1.82) is 5.26 Å². The lowest BCUT2D eigenvalue weighted by Gasteiger charge is -2.35. The highest BCUT2D eigenvalue weighted by Crippen LogP contribution is 2.22. The van der Waals surface area contributed by atoms with Crippen LogP contribution >= 0.6 is 0 Å². The molecule has 1 aliphatic heterocycles. The van der Waals surface area contributed by atoms with Gasteiger partial charge in [-0.25, -0.2) is 14.5 Å². The van der Waals surface area contributed by atoms with Gasteiger partial charge in [0.2, 0.25) is 5.91 Å². The van der Waals surface area contributed by atoms with Gasteiger partial charge in [0.15, 0.2) is 5.82 Å². The molecule has 0 radical (unpaired) electrons. The van der Waals surface area contributed by atoms with E-state index in [9.17, 15) is 9.59 Å². The Morgan fingerprint density at radius 3 is 2.62 bits per heavy atom. The molecule has 3 aromatic rings. The molecule has 1 aliphatic rings. The Morgan fingerprint density at radius 2 is 1.91 bits per heavy atom. The van der Waals surface area contributed by atoms with E-state index in [2.05, 4.69) is 26.4 Å². The number of pyridine rings is 1. The molecule has 10 heteroatoms. The van der Waals surface area contributed by atoms with Crippen molar-refractivity contribution in [3.63, 3.8) is 0 Å². The molecule has 10 nitrogen and oxygen atoms in total. The minimum absolute atomic E-state index is 0.168. The SMILES string of the molecule is CCOC(=O)c1cnn(-c2ccccc2)c1NC(=O)CN1CCN(c2cc(C#N)ccn2)CC1. The first kappa shape index (κ1) is 22.9.